The Morgan fingerprint density at radius 2 is 1.76 bits per heavy atom. The van der Waals surface area contributed by atoms with Crippen LogP contribution in [-0.4, -0.2) is 29.1 Å². The lowest BCUT2D eigenvalue weighted by atomic mass is 10.2. The molecule has 0 saturated heterocycles. The minimum Gasteiger partial charge on any atom is -0.337 e. The van der Waals surface area contributed by atoms with E-state index in [1.165, 1.54) is 0 Å². The van der Waals surface area contributed by atoms with Crippen molar-refractivity contribution in [1.29, 1.82) is 0 Å². The third kappa shape index (κ3) is 2.91. The number of aromatic nitrogens is 6. The molecule has 4 rings (SSSR count). The van der Waals surface area contributed by atoms with Gasteiger partial charge in [-0.2, -0.15) is 5.10 Å². The molecule has 6 heteroatoms. The number of aryl methyl sites for hydroxylation is 5. The summed E-state index contributed by atoms with van der Waals surface area (Å²) in [6, 6.07) is 8.04. The van der Waals surface area contributed by atoms with Gasteiger partial charge in [0.25, 0.3) is 0 Å². The van der Waals surface area contributed by atoms with Crippen LogP contribution in [0, 0.1) is 13.8 Å². The van der Waals surface area contributed by atoms with E-state index in [4.69, 9.17) is 10.1 Å². The van der Waals surface area contributed by atoms with Gasteiger partial charge in [-0.3, -0.25) is 4.98 Å². The molecule has 6 nitrogen and oxygen atoms in total. The Morgan fingerprint density at radius 1 is 0.960 bits per heavy atom. The van der Waals surface area contributed by atoms with E-state index in [9.17, 15) is 0 Å². The molecule has 4 heterocycles. The predicted molar refractivity (Wildman–Crippen MR) is 96.3 cm³/mol. The van der Waals surface area contributed by atoms with Gasteiger partial charge in [-0.1, -0.05) is 0 Å². The average molecular weight is 332 g/mol. The van der Waals surface area contributed by atoms with Crippen molar-refractivity contribution in [2.75, 3.05) is 0 Å². The van der Waals surface area contributed by atoms with Gasteiger partial charge >= 0.3 is 0 Å². The Balaban J connectivity index is 1.55. The maximum Gasteiger partial charge on any atom is 0.154 e. The van der Waals surface area contributed by atoms with Gasteiger partial charge in [-0.25, -0.2) is 14.5 Å². The first kappa shape index (κ1) is 15.5. The van der Waals surface area contributed by atoms with Gasteiger partial charge in [0, 0.05) is 37.6 Å². The van der Waals surface area contributed by atoms with Crippen LogP contribution in [0.25, 0.3) is 16.9 Å². The molecule has 0 amide bonds. The number of hydrogen-bond donors (Lipinski definition) is 0. The molecule has 25 heavy (non-hydrogen) atoms. The number of imidazole rings is 2. The summed E-state index contributed by atoms with van der Waals surface area (Å²) in [5.74, 6) is 1.05. The lowest BCUT2D eigenvalue weighted by Crippen LogP contribution is -2.04. The summed E-state index contributed by atoms with van der Waals surface area (Å²) in [5.41, 5.74) is 6.12. The quantitative estimate of drug-likeness (QED) is 0.576. The molecule has 0 unspecified atom stereocenters. The van der Waals surface area contributed by atoms with E-state index in [0.29, 0.717) is 0 Å². The maximum absolute atomic E-state index is 4.77. The number of fused-ring (bicyclic) bond motifs is 1. The van der Waals surface area contributed by atoms with Gasteiger partial charge in [-0.05, 0) is 44.5 Å². The zero-order valence-corrected chi connectivity index (χ0v) is 14.6. The first-order valence-corrected chi connectivity index (χ1v) is 8.36. The molecular formula is C19H20N6. The molecule has 0 aliphatic heterocycles. The molecule has 0 bridgehead atoms. The molecule has 0 atom stereocenters. The molecule has 0 spiro atoms. The standard InChI is InChI=1S/C19H20N6/c1-13-14(2)25-19(21-13)7-5-16(23-25)4-6-18-22-17(12-24(18)3)15-8-10-20-11-9-15/h5,7-12H,4,6H2,1-3H3. The second kappa shape index (κ2) is 6.12. The van der Waals surface area contributed by atoms with E-state index in [-0.39, 0.29) is 0 Å². The highest BCUT2D eigenvalue weighted by atomic mass is 15.3. The molecule has 0 N–H and O–H groups in total. The van der Waals surface area contributed by atoms with Crippen molar-refractivity contribution in [3.8, 4) is 11.3 Å². The zero-order valence-electron chi connectivity index (χ0n) is 14.6. The van der Waals surface area contributed by atoms with Crippen molar-refractivity contribution < 1.29 is 0 Å². The van der Waals surface area contributed by atoms with Crippen LogP contribution in [0.1, 0.15) is 22.9 Å². The van der Waals surface area contributed by atoms with Crippen molar-refractivity contribution in [2.45, 2.75) is 26.7 Å². The fourth-order valence-corrected chi connectivity index (χ4v) is 2.96. The minimum absolute atomic E-state index is 0.840. The van der Waals surface area contributed by atoms with Crippen LogP contribution in [0.3, 0.4) is 0 Å². The zero-order chi connectivity index (χ0) is 17.4. The second-order valence-electron chi connectivity index (χ2n) is 6.27. The first-order valence-electron chi connectivity index (χ1n) is 8.36. The van der Waals surface area contributed by atoms with Crippen LogP contribution in [-0.2, 0) is 19.9 Å². The highest BCUT2D eigenvalue weighted by Gasteiger charge is 2.10. The summed E-state index contributed by atoms with van der Waals surface area (Å²) in [4.78, 5) is 13.3. The predicted octanol–water partition coefficient (Wildman–Crippen LogP) is 2.93. The molecule has 0 radical (unpaired) electrons. The summed E-state index contributed by atoms with van der Waals surface area (Å²) >= 11 is 0. The number of rotatable bonds is 4. The van der Waals surface area contributed by atoms with Crippen LogP contribution >= 0.6 is 0 Å². The second-order valence-corrected chi connectivity index (χ2v) is 6.27. The molecule has 0 fully saturated rings. The fourth-order valence-electron chi connectivity index (χ4n) is 2.96. The summed E-state index contributed by atoms with van der Waals surface area (Å²) in [6.07, 6.45) is 7.32. The molecule has 126 valence electrons. The highest BCUT2D eigenvalue weighted by Crippen LogP contribution is 2.18. The minimum atomic E-state index is 0.840. The molecule has 0 aliphatic rings. The Labute approximate surface area is 146 Å². The normalized spacial score (nSPS) is 11.3. The van der Waals surface area contributed by atoms with E-state index in [1.807, 2.05) is 49.7 Å². The SMILES string of the molecule is Cc1nc2ccc(CCc3nc(-c4ccncc4)cn3C)nn2c1C. The fraction of sp³-hybridized carbons (Fsp3) is 0.263. The molecule has 0 aliphatic carbocycles. The van der Waals surface area contributed by atoms with Crippen molar-refractivity contribution in [3.63, 3.8) is 0 Å². The van der Waals surface area contributed by atoms with E-state index in [2.05, 4.69) is 20.7 Å². The van der Waals surface area contributed by atoms with E-state index in [0.717, 1.165) is 52.7 Å². The van der Waals surface area contributed by atoms with Gasteiger partial charge in [-0.15, -0.1) is 0 Å². The Hall–Kier alpha value is -3.02. The van der Waals surface area contributed by atoms with Crippen LogP contribution in [0.2, 0.25) is 0 Å². The third-order valence-electron chi connectivity index (χ3n) is 4.55. The van der Waals surface area contributed by atoms with Gasteiger partial charge < -0.3 is 4.57 Å². The van der Waals surface area contributed by atoms with E-state index in [1.54, 1.807) is 12.4 Å². The average Bonchev–Trinajstić information content (AvgIpc) is 3.14. The summed E-state index contributed by atoms with van der Waals surface area (Å²) in [5, 5.41) is 4.71. The van der Waals surface area contributed by atoms with Crippen molar-refractivity contribution in [1.82, 2.24) is 29.1 Å². The number of nitrogens with zero attached hydrogens (tertiary/aromatic N) is 6. The van der Waals surface area contributed by atoms with E-state index >= 15 is 0 Å². The highest BCUT2D eigenvalue weighted by molar-refractivity contribution is 5.57. The monoisotopic (exact) mass is 332 g/mol. The van der Waals surface area contributed by atoms with Gasteiger partial charge in [0.2, 0.25) is 0 Å². The van der Waals surface area contributed by atoms with Crippen LogP contribution in [0.4, 0.5) is 0 Å². The van der Waals surface area contributed by atoms with Crippen molar-refractivity contribution >= 4 is 5.65 Å². The number of pyridine rings is 1. The molecular weight excluding hydrogens is 312 g/mol. The van der Waals surface area contributed by atoms with E-state index < -0.39 is 0 Å². The van der Waals surface area contributed by atoms with Crippen molar-refractivity contribution in [3.05, 3.63) is 65.8 Å². The molecule has 4 aromatic rings. The van der Waals surface area contributed by atoms with Crippen LogP contribution < -0.4 is 0 Å². The molecule has 4 aromatic heterocycles. The third-order valence-corrected chi connectivity index (χ3v) is 4.55. The maximum atomic E-state index is 4.77. The lowest BCUT2D eigenvalue weighted by molar-refractivity contribution is 0.741. The summed E-state index contributed by atoms with van der Waals surface area (Å²) in [7, 11) is 2.03. The Kier molecular flexibility index (Phi) is 3.80. The number of hydrogen-bond acceptors (Lipinski definition) is 4. The van der Waals surface area contributed by atoms with Gasteiger partial charge in [0.1, 0.15) is 5.82 Å². The molecule has 0 saturated carbocycles. The van der Waals surface area contributed by atoms with Gasteiger partial charge in [0.15, 0.2) is 5.65 Å². The molecule has 0 aromatic carbocycles. The van der Waals surface area contributed by atoms with Crippen LogP contribution in [0.5, 0.6) is 0 Å². The first-order chi connectivity index (χ1) is 12.1. The lowest BCUT2D eigenvalue weighted by Gasteiger charge is -2.03. The summed E-state index contributed by atoms with van der Waals surface area (Å²) < 4.78 is 4.01. The summed E-state index contributed by atoms with van der Waals surface area (Å²) in [6.45, 7) is 4.06. The van der Waals surface area contributed by atoms with Crippen LogP contribution in [0.15, 0.2) is 42.9 Å². The van der Waals surface area contributed by atoms with Crippen molar-refractivity contribution in [2.24, 2.45) is 7.05 Å². The van der Waals surface area contributed by atoms with Gasteiger partial charge in [0.05, 0.1) is 22.8 Å². The Morgan fingerprint density at radius 3 is 2.56 bits per heavy atom. The smallest absolute Gasteiger partial charge is 0.154 e. The largest absolute Gasteiger partial charge is 0.337 e. The topological polar surface area (TPSA) is 60.9 Å². The Bertz CT molecular complexity index is 1030.